The van der Waals surface area contributed by atoms with E-state index in [4.69, 9.17) is 16.3 Å². The van der Waals surface area contributed by atoms with Crippen molar-refractivity contribution in [3.63, 3.8) is 0 Å². The molecule has 0 unspecified atom stereocenters. The van der Waals surface area contributed by atoms with Crippen LogP contribution in [0, 0.1) is 0 Å². The van der Waals surface area contributed by atoms with Gasteiger partial charge in [0, 0.05) is 42.9 Å². The first kappa shape index (κ1) is 23.4. The zero-order chi connectivity index (χ0) is 22.6. The zero-order valence-electron chi connectivity index (χ0n) is 17.9. The summed E-state index contributed by atoms with van der Waals surface area (Å²) in [4.78, 5) is 14.3. The predicted molar refractivity (Wildman–Crippen MR) is 122 cm³/mol. The van der Waals surface area contributed by atoms with Crippen molar-refractivity contribution in [2.75, 3.05) is 31.1 Å². The SMILES string of the molecule is CC(C)NC(=O)[C@@H](C)Oc1ccc(S(=O)(=O)N2CCN(c3cccc(Cl)c3)CC2)cc1. The van der Waals surface area contributed by atoms with Crippen LogP contribution >= 0.6 is 11.6 Å². The highest BCUT2D eigenvalue weighted by molar-refractivity contribution is 7.89. The van der Waals surface area contributed by atoms with Gasteiger partial charge in [-0.05, 0) is 63.2 Å². The highest BCUT2D eigenvalue weighted by atomic mass is 35.5. The quantitative estimate of drug-likeness (QED) is 0.679. The Labute approximate surface area is 189 Å². The summed E-state index contributed by atoms with van der Waals surface area (Å²) in [6.45, 7) is 7.35. The second-order valence-electron chi connectivity index (χ2n) is 7.77. The van der Waals surface area contributed by atoms with Crippen molar-refractivity contribution in [3.8, 4) is 5.75 Å². The van der Waals surface area contributed by atoms with Crippen molar-refractivity contribution in [2.45, 2.75) is 37.8 Å². The summed E-state index contributed by atoms with van der Waals surface area (Å²) >= 11 is 6.06. The van der Waals surface area contributed by atoms with E-state index in [0.717, 1.165) is 5.69 Å². The Kier molecular flexibility index (Phi) is 7.46. The number of sulfonamides is 1. The van der Waals surface area contributed by atoms with Crippen LogP contribution in [-0.2, 0) is 14.8 Å². The molecule has 0 aromatic heterocycles. The Hall–Kier alpha value is -2.29. The van der Waals surface area contributed by atoms with Crippen molar-refractivity contribution < 1.29 is 17.9 Å². The molecular weight excluding hydrogens is 438 g/mol. The minimum Gasteiger partial charge on any atom is -0.481 e. The van der Waals surface area contributed by atoms with Crippen LogP contribution in [0.2, 0.25) is 5.02 Å². The molecule has 2 aromatic carbocycles. The van der Waals surface area contributed by atoms with Crippen molar-refractivity contribution in [1.82, 2.24) is 9.62 Å². The van der Waals surface area contributed by atoms with Crippen LogP contribution in [-0.4, -0.2) is 57.0 Å². The van der Waals surface area contributed by atoms with E-state index < -0.39 is 16.1 Å². The van der Waals surface area contributed by atoms with Gasteiger partial charge in [-0.1, -0.05) is 17.7 Å². The van der Waals surface area contributed by atoms with E-state index in [2.05, 4.69) is 10.2 Å². The molecule has 0 spiro atoms. The lowest BCUT2D eigenvalue weighted by Crippen LogP contribution is -2.48. The first-order valence-electron chi connectivity index (χ1n) is 10.2. The van der Waals surface area contributed by atoms with Gasteiger partial charge >= 0.3 is 0 Å². The predicted octanol–water partition coefficient (Wildman–Crippen LogP) is 3.14. The Morgan fingerprint density at radius 1 is 1.03 bits per heavy atom. The average molecular weight is 466 g/mol. The fraction of sp³-hybridized carbons (Fsp3) is 0.409. The van der Waals surface area contributed by atoms with E-state index in [9.17, 15) is 13.2 Å². The number of rotatable bonds is 7. The molecule has 1 N–H and O–H groups in total. The van der Waals surface area contributed by atoms with Gasteiger partial charge in [-0.2, -0.15) is 4.31 Å². The second-order valence-corrected chi connectivity index (χ2v) is 10.1. The number of carbonyl (C=O) groups is 1. The number of halogens is 1. The van der Waals surface area contributed by atoms with Crippen LogP contribution in [0.3, 0.4) is 0 Å². The number of ether oxygens (including phenoxy) is 1. The number of benzene rings is 2. The summed E-state index contributed by atoms with van der Waals surface area (Å²) in [5, 5.41) is 3.44. The first-order valence-corrected chi connectivity index (χ1v) is 12.1. The molecule has 1 atom stereocenters. The maximum absolute atomic E-state index is 13.0. The van der Waals surface area contributed by atoms with Gasteiger partial charge in [0.25, 0.3) is 5.91 Å². The van der Waals surface area contributed by atoms with Gasteiger partial charge in [-0.25, -0.2) is 8.42 Å². The van der Waals surface area contributed by atoms with Crippen LogP contribution in [0.5, 0.6) is 5.75 Å². The van der Waals surface area contributed by atoms with E-state index in [1.807, 2.05) is 38.1 Å². The van der Waals surface area contributed by atoms with Crippen molar-refractivity contribution in [3.05, 3.63) is 53.6 Å². The molecule has 31 heavy (non-hydrogen) atoms. The monoisotopic (exact) mass is 465 g/mol. The summed E-state index contributed by atoms with van der Waals surface area (Å²) in [5.41, 5.74) is 0.988. The third-order valence-electron chi connectivity index (χ3n) is 4.99. The maximum atomic E-state index is 13.0. The summed E-state index contributed by atoms with van der Waals surface area (Å²) in [5.74, 6) is 0.223. The Balaban J connectivity index is 1.61. The fourth-order valence-electron chi connectivity index (χ4n) is 3.36. The van der Waals surface area contributed by atoms with Gasteiger partial charge in [-0.3, -0.25) is 4.79 Å². The van der Waals surface area contributed by atoms with Gasteiger partial charge in [0.15, 0.2) is 6.10 Å². The topological polar surface area (TPSA) is 78.9 Å². The molecule has 0 bridgehead atoms. The number of anilines is 1. The Morgan fingerprint density at radius 2 is 1.68 bits per heavy atom. The molecule has 2 aromatic rings. The van der Waals surface area contributed by atoms with Gasteiger partial charge in [0.1, 0.15) is 5.75 Å². The molecule has 168 valence electrons. The molecule has 1 fully saturated rings. The molecule has 0 aliphatic carbocycles. The molecule has 9 heteroatoms. The van der Waals surface area contributed by atoms with Crippen molar-refractivity contribution >= 4 is 33.2 Å². The van der Waals surface area contributed by atoms with Crippen molar-refractivity contribution in [2.24, 2.45) is 0 Å². The van der Waals surface area contributed by atoms with E-state index in [0.29, 0.717) is 37.0 Å². The number of nitrogens with one attached hydrogen (secondary N) is 1. The van der Waals surface area contributed by atoms with Crippen LogP contribution in [0.1, 0.15) is 20.8 Å². The molecule has 7 nitrogen and oxygen atoms in total. The highest BCUT2D eigenvalue weighted by Gasteiger charge is 2.28. The van der Waals surface area contributed by atoms with E-state index in [-0.39, 0.29) is 16.8 Å². The van der Waals surface area contributed by atoms with Crippen molar-refractivity contribution in [1.29, 1.82) is 0 Å². The van der Waals surface area contributed by atoms with Crippen LogP contribution in [0.15, 0.2) is 53.4 Å². The number of amides is 1. The van der Waals surface area contributed by atoms with E-state index in [1.54, 1.807) is 19.1 Å². The van der Waals surface area contributed by atoms with Crippen LogP contribution in [0.4, 0.5) is 5.69 Å². The minimum absolute atomic E-state index is 0.0189. The van der Waals surface area contributed by atoms with E-state index in [1.165, 1.54) is 16.4 Å². The third kappa shape index (κ3) is 5.90. The van der Waals surface area contributed by atoms with Gasteiger partial charge in [-0.15, -0.1) is 0 Å². The Morgan fingerprint density at radius 3 is 2.26 bits per heavy atom. The zero-order valence-corrected chi connectivity index (χ0v) is 19.5. The third-order valence-corrected chi connectivity index (χ3v) is 7.13. The molecule has 3 rings (SSSR count). The number of piperazine rings is 1. The molecule has 1 aliphatic rings. The molecular formula is C22H28ClN3O4S. The average Bonchev–Trinajstić information content (AvgIpc) is 2.74. The van der Waals surface area contributed by atoms with Crippen LogP contribution < -0.4 is 15.0 Å². The smallest absolute Gasteiger partial charge is 0.260 e. The number of hydrogen-bond donors (Lipinski definition) is 1. The number of carbonyl (C=O) groups excluding carboxylic acids is 1. The second kappa shape index (κ2) is 9.89. The molecule has 1 aliphatic heterocycles. The standard InChI is InChI=1S/C22H28ClN3O4S/c1-16(2)24-22(27)17(3)30-20-7-9-21(10-8-20)31(28,29)26-13-11-25(12-14-26)19-6-4-5-18(23)15-19/h4-10,15-17H,11-14H2,1-3H3,(H,24,27)/t17-/m1/s1. The minimum atomic E-state index is -3.61. The van der Waals surface area contributed by atoms with Gasteiger partial charge < -0.3 is 15.0 Å². The van der Waals surface area contributed by atoms with Gasteiger partial charge in [0.2, 0.25) is 10.0 Å². The molecule has 0 saturated carbocycles. The molecule has 1 amide bonds. The molecule has 0 radical (unpaired) electrons. The molecule has 1 heterocycles. The first-order chi connectivity index (χ1) is 14.7. The summed E-state index contributed by atoms with van der Waals surface area (Å²) in [6, 6.07) is 13.8. The highest BCUT2D eigenvalue weighted by Crippen LogP contribution is 2.24. The largest absolute Gasteiger partial charge is 0.481 e. The summed E-state index contributed by atoms with van der Waals surface area (Å²) < 4.78 is 33.2. The van der Waals surface area contributed by atoms with Crippen LogP contribution in [0.25, 0.3) is 0 Å². The normalized spacial score (nSPS) is 16.2. The lowest BCUT2D eigenvalue weighted by atomic mass is 10.2. The molecule has 1 saturated heterocycles. The lowest BCUT2D eigenvalue weighted by Gasteiger charge is -2.35. The Bertz CT molecular complexity index is 1000. The summed E-state index contributed by atoms with van der Waals surface area (Å²) in [7, 11) is -3.61. The maximum Gasteiger partial charge on any atom is 0.260 e. The number of nitrogens with zero attached hydrogens (tertiary/aromatic N) is 2. The fourth-order valence-corrected chi connectivity index (χ4v) is 4.96. The van der Waals surface area contributed by atoms with E-state index >= 15 is 0 Å². The number of hydrogen-bond acceptors (Lipinski definition) is 5. The summed E-state index contributed by atoms with van der Waals surface area (Å²) in [6.07, 6.45) is -0.676. The lowest BCUT2D eigenvalue weighted by molar-refractivity contribution is -0.127. The van der Waals surface area contributed by atoms with Gasteiger partial charge in [0.05, 0.1) is 4.90 Å².